The number of amides is 1. The number of benzene rings is 1. The van der Waals surface area contributed by atoms with Crippen LogP contribution in [0.4, 0.5) is 10.1 Å². The molecule has 1 aliphatic heterocycles. The number of likely N-dealkylation sites (tertiary alicyclic amines) is 1. The number of nitrogens with one attached hydrogen (secondary N) is 1. The van der Waals surface area contributed by atoms with Crippen LogP contribution in [0.2, 0.25) is 0 Å². The molecule has 0 atom stereocenters. The minimum absolute atomic E-state index is 0.194. The van der Waals surface area contributed by atoms with Crippen molar-refractivity contribution in [1.82, 2.24) is 14.3 Å². The van der Waals surface area contributed by atoms with Crippen LogP contribution in [0.1, 0.15) is 34.5 Å². The van der Waals surface area contributed by atoms with E-state index in [1.807, 2.05) is 37.3 Å². The van der Waals surface area contributed by atoms with Gasteiger partial charge in [-0.05, 0) is 62.2 Å². The van der Waals surface area contributed by atoms with E-state index in [4.69, 9.17) is 0 Å². The summed E-state index contributed by atoms with van der Waals surface area (Å²) in [4.78, 5) is 19.0. The van der Waals surface area contributed by atoms with E-state index in [9.17, 15) is 9.18 Å². The number of halogens is 1. The molecule has 4 rings (SSSR count). The molecule has 1 fully saturated rings. The summed E-state index contributed by atoms with van der Waals surface area (Å²) in [6.07, 6.45) is 4.11. The fraction of sp³-hybridized carbons (Fsp3) is 0.300. The molecule has 0 spiro atoms. The van der Waals surface area contributed by atoms with Crippen LogP contribution in [0.5, 0.6) is 0 Å². The van der Waals surface area contributed by atoms with Gasteiger partial charge in [0.15, 0.2) is 5.69 Å². The summed E-state index contributed by atoms with van der Waals surface area (Å²) in [5, 5.41) is 2.77. The number of nitrogens with zero attached hydrogens (tertiary/aromatic N) is 3. The standard InChI is InChI=1S/C20H21FN4O/c1-14-7-8-17-23-18(19(21)25(17)12-14)20(26)22-16-6-4-5-15(11-16)13-24-9-2-3-10-24/h4-8,11-12H,2-3,9-10,13H2,1H3,(H,22,26). The lowest BCUT2D eigenvalue weighted by Crippen LogP contribution is -2.19. The van der Waals surface area contributed by atoms with Crippen LogP contribution >= 0.6 is 0 Å². The SMILES string of the molecule is Cc1ccc2nc(C(=O)Nc3cccc(CN4CCCC4)c3)c(F)n2c1. The molecule has 0 radical (unpaired) electrons. The first-order valence-electron chi connectivity index (χ1n) is 8.87. The Morgan fingerprint density at radius 1 is 1.23 bits per heavy atom. The number of aromatic nitrogens is 2. The summed E-state index contributed by atoms with van der Waals surface area (Å²) in [6.45, 7) is 4.96. The minimum Gasteiger partial charge on any atom is -0.320 e. The number of imidazole rings is 1. The topological polar surface area (TPSA) is 49.6 Å². The normalized spacial score (nSPS) is 14.8. The molecule has 1 aliphatic rings. The summed E-state index contributed by atoms with van der Waals surface area (Å²) < 4.78 is 15.8. The monoisotopic (exact) mass is 352 g/mol. The quantitative estimate of drug-likeness (QED) is 0.780. The Morgan fingerprint density at radius 3 is 2.85 bits per heavy atom. The van der Waals surface area contributed by atoms with E-state index in [1.165, 1.54) is 17.2 Å². The molecule has 3 aromatic rings. The Labute approximate surface area is 151 Å². The van der Waals surface area contributed by atoms with Crippen molar-refractivity contribution in [1.29, 1.82) is 0 Å². The lowest BCUT2D eigenvalue weighted by atomic mass is 10.2. The Hall–Kier alpha value is -2.73. The number of aryl methyl sites for hydroxylation is 1. The van der Waals surface area contributed by atoms with Crippen LogP contribution < -0.4 is 5.32 Å². The lowest BCUT2D eigenvalue weighted by molar-refractivity contribution is 0.101. The molecule has 0 unspecified atom stereocenters. The van der Waals surface area contributed by atoms with Crippen molar-refractivity contribution in [2.45, 2.75) is 26.3 Å². The van der Waals surface area contributed by atoms with Gasteiger partial charge in [-0.3, -0.25) is 14.1 Å². The Morgan fingerprint density at radius 2 is 2.04 bits per heavy atom. The Kier molecular flexibility index (Phi) is 4.42. The number of rotatable bonds is 4. The Bertz CT molecular complexity index is 960. The van der Waals surface area contributed by atoms with E-state index in [0.29, 0.717) is 11.3 Å². The maximum atomic E-state index is 14.5. The number of hydrogen-bond donors (Lipinski definition) is 1. The van der Waals surface area contributed by atoms with E-state index >= 15 is 0 Å². The van der Waals surface area contributed by atoms with Gasteiger partial charge in [-0.1, -0.05) is 18.2 Å². The largest absolute Gasteiger partial charge is 0.320 e. The third-order valence-electron chi connectivity index (χ3n) is 4.71. The van der Waals surface area contributed by atoms with Gasteiger partial charge in [0.25, 0.3) is 5.91 Å². The van der Waals surface area contributed by atoms with Crippen LogP contribution in [0.15, 0.2) is 42.6 Å². The van der Waals surface area contributed by atoms with Crippen molar-refractivity contribution in [3.8, 4) is 0 Å². The lowest BCUT2D eigenvalue weighted by Gasteiger charge is -2.15. The first-order valence-corrected chi connectivity index (χ1v) is 8.87. The van der Waals surface area contributed by atoms with Crippen molar-refractivity contribution in [2.75, 3.05) is 18.4 Å². The maximum Gasteiger partial charge on any atom is 0.279 e. The molecule has 5 nitrogen and oxygen atoms in total. The highest BCUT2D eigenvalue weighted by molar-refractivity contribution is 6.03. The van der Waals surface area contributed by atoms with E-state index < -0.39 is 11.9 Å². The van der Waals surface area contributed by atoms with Gasteiger partial charge in [0.2, 0.25) is 5.95 Å². The van der Waals surface area contributed by atoms with Gasteiger partial charge in [0.05, 0.1) is 0 Å². The number of pyridine rings is 1. The molecular weight excluding hydrogens is 331 g/mol. The van der Waals surface area contributed by atoms with Crippen LogP contribution in [-0.4, -0.2) is 33.3 Å². The zero-order chi connectivity index (χ0) is 18.1. The van der Waals surface area contributed by atoms with E-state index in [0.717, 1.165) is 30.8 Å². The van der Waals surface area contributed by atoms with Crippen molar-refractivity contribution < 1.29 is 9.18 Å². The van der Waals surface area contributed by atoms with E-state index in [1.54, 1.807) is 12.3 Å². The van der Waals surface area contributed by atoms with Gasteiger partial charge >= 0.3 is 0 Å². The van der Waals surface area contributed by atoms with Crippen molar-refractivity contribution >= 4 is 17.2 Å². The fourth-order valence-corrected chi connectivity index (χ4v) is 3.40. The average molecular weight is 352 g/mol. The van der Waals surface area contributed by atoms with Crippen molar-refractivity contribution in [2.24, 2.45) is 0 Å². The average Bonchev–Trinajstić information content (AvgIpc) is 3.24. The first kappa shape index (κ1) is 16.7. The molecule has 3 heterocycles. The van der Waals surface area contributed by atoms with Crippen LogP contribution in [0.3, 0.4) is 0 Å². The highest BCUT2D eigenvalue weighted by atomic mass is 19.1. The first-order chi connectivity index (χ1) is 12.6. The van der Waals surface area contributed by atoms with Gasteiger partial charge < -0.3 is 5.32 Å². The molecule has 2 aromatic heterocycles. The molecule has 1 aromatic carbocycles. The number of carbonyl (C=O) groups excluding carboxylic acids is 1. The molecular formula is C20H21FN4O. The van der Waals surface area contributed by atoms with Crippen LogP contribution in [0.25, 0.3) is 5.65 Å². The predicted octanol–water partition coefficient (Wildman–Crippen LogP) is 3.63. The summed E-state index contributed by atoms with van der Waals surface area (Å²) >= 11 is 0. The maximum absolute atomic E-state index is 14.5. The van der Waals surface area contributed by atoms with Gasteiger partial charge in [-0.25, -0.2) is 4.98 Å². The third-order valence-corrected chi connectivity index (χ3v) is 4.71. The summed E-state index contributed by atoms with van der Waals surface area (Å²) in [7, 11) is 0. The molecule has 1 N–H and O–H groups in total. The summed E-state index contributed by atoms with van der Waals surface area (Å²) in [5.41, 5.74) is 2.91. The predicted molar refractivity (Wildman–Crippen MR) is 98.8 cm³/mol. The molecule has 6 heteroatoms. The smallest absolute Gasteiger partial charge is 0.279 e. The van der Waals surface area contributed by atoms with E-state index in [-0.39, 0.29) is 5.69 Å². The highest BCUT2D eigenvalue weighted by Gasteiger charge is 2.19. The van der Waals surface area contributed by atoms with Crippen LogP contribution in [-0.2, 0) is 6.54 Å². The second-order valence-corrected chi connectivity index (χ2v) is 6.82. The second-order valence-electron chi connectivity index (χ2n) is 6.82. The van der Waals surface area contributed by atoms with Gasteiger partial charge in [-0.15, -0.1) is 0 Å². The van der Waals surface area contributed by atoms with Crippen molar-refractivity contribution in [3.05, 3.63) is 65.4 Å². The number of fused-ring (bicyclic) bond motifs is 1. The molecule has 1 amide bonds. The molecule has 0 saturated carbocycles. The minimum atomic E-state index is -0.644. The van der Waals surface area contributed by atoms with Gasteiger partial charge in [0.1, 0.15) is 5.65 Å². The van der Waals surface area contributed by atoms with Crippen LogP contribution in [0, 0.1) is 12.9 Å². The number of hydrogen-bond acceptors (Lipinski definition) is 3. The molecule has 26 heavy (non-hydrogen) atoms. The highest BCUT2D eigenvalue weighted by Crippen LogP contribution is 2.18. The fourth-order valence-electron chi connectivity index (χ4n) is 3.40. The number of carbonyl (C=O) groups is 1. The zero-order valence-corrected chi connectivity index (χ0v) is 14.7. The summed E-state index contributed by atoms with van der Waals surface area (Å²) in [6, 6.07) is 11.2. The molecule has 1 saturated heterocycles. The molecule has 134 valence electrons. The second kappa shape index (κ2) is 6.88. The Balaban J connectivity index is 1.53. The molecule has 0 bridgehead atoms. The third kappa shape index (κ3) is 3.32. The van der Waals surface area contributed by atoms with Crippen molar-refractivity contribution in [3.63, 3.8) is 0 Å². The molecule has 0 aliphatic carbocycles. The zero-order valence-electron chi connectivity index (χ0n) is 14.7. The van der Waals surface area contributed by atoms with Gasteiger partial charge in [0, 0.05) is 18.4 Å². The van der Waals surface area contributed by atoms with E-state index in [2.05, 4.69) is 15.2 Å². The number of anilines is 1. The summed E-state index contributed by atoms with van der Waals surface area (Å²) in [5.74, 6) is -1.18. The van der Waals surface area contributed by atoms with Gasteiger partial charge in [-0.2, -0.15) is 4.39 Å².